The number of halogens is 1. The molecule has 0 fully saturated rings. The van der Waals surface area contributed by atoms with Crippen molar-refractivity contribution in [3.63, 3.8) is 0 Å². The van der Waals surface area contributed by atoms with Gasteiger partial charge in [-0.1, -0.05) is 0 Å². The maximum absolute atomic E-state index is 5.04. The van der Waals surface area contributed by atoms with Gasteiger partial charge in [0.1, 0.15) is 5.82 Å². The van der Waals surface area contributed by atoms with Crippen molar-refractivity contribution < 1.29 is 4.74 Å². The molecule has 0 aliphatic carbocycles. The first-order valence-electron chi connectivity index (χ1n) is 5.86. The number of aromatic amines is 1. The van der Waals surface area contributed by atoms with E-state index in [1.807, 2.05) is 6.07 Å². The third-order valence-electron chi connectivity index (χ3n) is 2.66. The summed E-state index contributed by atoms with van der Waals surface area (Å²) in [6.07, 6.45) is 2.78. The van der Waals surface area contributed by atoms with Gasteiger partial charge in [-0.05, 0) is 35.5 Å². The van der Waals surface area contributed by atoms with Crippen LogP contribution in [0.5, 0.6) is 0 Å². The number of methoxy groups -OCH3 is 1. The highest BCUT2D eigenvalue weighted by Crippen LogP contribution is 2.15. The summed E-state index contributed by atoms with van der Waals surface area (Å²) in [5.74, 6) is 0.940. The molecular weight excluding hydrogens is 296 g/mol. The van der Waals surface area contributed by atoms with Crippen LogP contribution in [0, 0.1) is 0 Å². The SMILES string of the molecule is COCCCN(C)Cc1nc2ncc(Br)cc2[nH]1. The van der Waals surface area contributed by atoms with Gasteiger partial charge in [-0.25, -0.2) is 9.97 Å². The minimum atomic E-state index is 0.762. The van der Waals surface area contributed by atoms with Crippen LogP contribution >= 0.6 is 15.9 Å². The quantitative estimate of drug-likeness (QED) is 0.831. The Bertz CT molecular complexity index is 514. The fourth-order valence-electron chi connectivity index (χ4n) is 1.81. The molecule has 0 saturated carbocycles. The van der Waals surface area contributed by atoms with Crippen LogP contribution in [0.1, 0.15) is 12.2 Å². The second kappa shape index (κ2) is 6.26. The maximum Gasteiger partial charge on any atom is 0.177 e. The van der Waals surface area contributed by atoms with Crippen molar-refractivity contribution in [2.45, 2.75) is 13.0 Å². The lowest BCUT2D eigenvalue weighted by Crippen LogP contribution is -2.20. The van der Waals surface area contributed by atoms with Gasteiger partial charge in [0.15, 0.2) is 5.65 Å². The van der Waals surface area contributed by atoms with E-state index < -0.39 is 0 Å². The number of imidazole rings is 1. The Kier molecular flexibility index (Phi) is 4.68. The summed E-state index contributed by atoms with van der Waals surface area (Å²) in [6, 6.07) is 1.99. The fourth-order valence-corrected chi connectivity index (χ4v) is 2.14. The number of fused-ring (bicyclic) bond motifs is 1. The van der Waals surface area contributed by atoms with E-state index in [0.717, 1.165) is 47.6 Å². The van der Waals surface area contributed by atoms with Gasteiger partial charge in [0.05, 0.1) is 12.1 Å². The second-order valence-electron chi connectivity index (χ2n) is 4.29. The van der Waals surface area contributed by atoms with E-state index in [0.29, 0.717) is 0 Å². The standard InChI is InChI=1S/C12H17BrN4O/c1-17(4-3-5-18-2)8-11-15-10-6-9(13)7-14-12(10)16-11/h6-7H,3-5,8H2,1-2H3,(H,14,15,16). The Morgan fingerprint density at radius 2 is 2.33 bits per heavy atom. The number of ether oxygens (including phenoxy) is 1. The van der Waals surface area contributed by atoms with Crippen molar-refractivity contribution >= 4 is 27.1 Å². The monoisotopic (exact) mass is 312 g/mol. The Morgan fingerprint density at radius 1 is 1.50 bits per heavy atom. The summed E-state index contributed by atoms with van der Waals surface area (Å²) in [5.41, 5.74) is 1.73. The number of hydrogen-bond donors (Lipinski definition) is 1. The molecule has 0 amide bonds. The van der Waals surface area contributed by atoms with E-state index in [2.05, 4.69) is 42.8 Å². The van der Waals surface area contributed by atoms with Crippen molar-refractivity contribution in [1.29, 1.82) is 0 Å². The number of hydrogen-bond acceptors (Lipinski definition) is 4. The number of nitrogens with one attached hydrogen (secondary N) is 1. The lowest BCUT2D eigenvalue weighted by molar-refractivity contribution is 0.177. The van der Waals surface area contributed by atoms with E-state index in [4.69, 9.17) is 4.74 Å². The Hall–Kier alpha value is -0.980. The normalized spacial score (nSPS) is 11.6. The zero-order chi connectivity index (χ0) is 13.0. The number of H-pyrrole nitrogens is 1. The lowest BCUT2D eigenvalue weighted by atomic mass is 10.4. The second-order valence-corrected chi connectivity index (χ2v) is 5.21. The van der Waals surface area contributed by atoms with Gasteiger partial charge in [-0.2, -0.15) is 0 Å². The molecule has 0 bridgehead atoms. The molecule has 18 heavy (non-hydrogen) atoms. The molecular formula is C12H17BrN4O. The van der Waals surface area contributed by atoms with Crippen LogP contribution in [0.3, 0.4) is 0 Å². The highest BCUT2D eigenvalue weighted by Gasteiger charge is 2.07. The number of rotatable bonds is 6. The molecule has 98 valence electrons. The maximum atomic E-state index is 5.04. The van der Waals surface area contributed by atoms with Gasteiger partial charge in [0, 0.05) is 30.9 Å². The van der Waals surface area contributed by atoms with Gasteiger partial charge in [0.2, 0.25) is 0 Å². The predicted molar refractivity (Wildman–Crippen MR) is 74.4 cm³/mol. The molecule has 2 aromatic rings. The summed E-state index contributed by atoms with van der Waals surface area (Å²) in [6.45, 7) is 2.57. The molecule has 2 heterocycles. The van der Waals surface area contributed by atoms with Crippen LogP contribution in [0.15, 0.2) is 16.7 Å². The molecule has 0 aliphatic heterocycles. The minimum Gasteiger partial charge on any atom is -0.385 e. The molecule has 2 rings (SSSR count). The topological polar surface area (TPSA) is 54.0 Å². The van der Waals surface area contributed by atoms with Crippen LogP contribution in [0.2, 0.25) is 0 Å². The van der Waals surface area contributed by atoms with E-state index in [9.17, 15) is 0 Å². The largest absolute Gasteiger partial charge is 0.385 e. The third-order valence-corrected chi connectivity index (χ3v) is 3.09. The average molecular weight is 313 g/mol. The number of aromatic nitrogens is 3. The molecule has 6 heteroatoms. The summed E-state index contributed by atoms with van der Waals surface area (Å²) >= 11 is 3.40. The molecule has 5 nitrogen and oxygen atoms in total. The smallest absolute Gasteiger partial charge is 0.177 e. The van der Waals surface area contributed by atoms with Crippen LogP contribution in [0.25, 0.3) is 11.2 Å². The summed E-state index contributed by atoms with van der Waals surface area (Å²) < 4.78 is 6.00. The Balaban J connectivity index is 1.98. The van der Waals surface area contributed by atoms with Crippen molar-refractivity contribution in [2.75, 3.05) is 27.3 Å². The van der Waals surface area contributed by atoms with Crippen LogP contribution in [0.4, 0.5) is 0 Å². The molecule has 0 atom stereocenters. The van der Waals surface area contributed by atoms with Crippen LogP contribution in [-0.4, -0.2) is 47.2 Å². The highest BCUT2D eigenvalue weighted by molar-refractivity contribution is 9.10. The van der Waals surface area contributed by atoms with Crippen molar-refractivity contribution in [3.05, 3.63) is 22.6 Å². The van der Waals surface area contributed by atoms with Gasteiger partial charge >= 0.3 is 0 Å². The van der Waals surface area contributed by atoms with E-state index in [-0.39, 0.29) is 0 Å². The fraction of sp³-hybridized carbons (Fsp3) is 0.500. The molecule has 0 radical (unpaired) electrons. The van der Waals surface area contributed by atoms with Gasteiger partial charge in [-0.15, -0.1) is 0 Å². The van der Waals surface area contributed by atoms with Crippen molar-refractivity contribution in [2.24, 2.45) is 0 Å². The zero-order valence-electron chi connectivity index (χ0n) is 10.6. The van der Waals surface area contributed by atoms with E-state index in [1.165, 1.54) is 0 Å². The van der Waals surface area contributed by atoms with Crippen LogP contribution in [-0.2, 0) is 11.3 Å². The van der Waals surface area contributed by atoms with Crippen LogP contribution < -0.4 is 0 Å². The Morgan fingerprint density at radius 3 is 3.11 bits per heavy atom. The third kappa shape index (κ3) is 3.51. The summed E-state index contributed by atoms with van der Waals surface area (Å²) in [5, 5.41) is 0. The van der Waals surface area contributed by atoms with Gasteiger partial charge in [0.25, 0.3) is 0 Å². The lowest BCUT2D eigenvalue weighted by Gasteiger charge is -2.14. The summed E-state index contributed by atoms with van der Waals surface area (Å²) in [4.78, 5) is 14.2. The Labute approximate surface area is 115 Å². The molecule has 2 aromatic heterocycles. The molecule has 1 N–H and O–H groups in total. The molecule has 0 spiro atoms. The zero-order valence-corrected chi connectivity index (χ0v) is 12.2. The number of nitrogens with zero attached hydrogens (tertiary/aromatic N) is 3. The first-order chi connectivity index (χ1) is 8.69. The molecule has 0 saturated heterocycles. The molecule has 0 aliphatic rings. The van der Waals surface area contributed by atoms with Gasteiger partial charge in [-0.3, -0.25) is 4.90 Å². The minimum absolute atomic E-state index is 0.762. The van der Waals surface area contributed by atoms with Crippen molar-refractivity contribution in [1.82, 2.24) is 19.9 Å². The first kappa shape index (κ1) is 13.5. The van der Waals surface area contributed by atoms with Gasteiger partial charge < -0.3 is 9.72 Å². The van der Waals surface area contributed by atoms with Crippen molar-refractivity contribution in [3.8, 4) is 0 Å². The predicted octanol–water partition coefficient (Wildman–Crippen LogP) is 2.19. The van der Waals surface area contributed by atoms with E-state index in [1.54, 1.807) is 13.3 Å². The first-order valence-corrected chi connectivity index (χ1v) is 6.66. The average Bonchev–Trinajstić information content (AvgIpc) is 2.70. The summed E-state index contributed by atoms with van der Waals surface area (Å²) in [7, 11) is 3.80. The molecule has 0 unspecified atom stereocenters. The molecule has 0 aromatic carbocycles. The number of pyridine rings is 1. The highest BCUT2D eigenvalue weighted by atomic mass is 79.9. The van der Waals surface area contributed by atoms with E-state index >= 15 is 0 Å².